The van der Waals surface area contributed by atoms with Gasteiger partial charge in [0.25, 0.3) is 0 Å². The van der Waals surface area contributed by atoms with Crippen LogP contribution in [0.25, 0.3) is 0 Å². The maximum Gasteiger partial charge on any atom is 0.314 e. The largest absolute Gasteiger partial charge is 0.318 e. The van der Waals surface area contributed by atoms with Crippen molar-refractivity contribution in [3.63, 3.8) is 0 Å². The number of carbonyl (C=O) groups excluding carboxylic acids is 2. The normalized spacial score (nSPS) is 11.0. The Balaban J connectivity index is 2.02. The Morgan fingerprint density at radius 1 is 0.875 bits per heavy atom. The van der Waals surface area contributed by atoms with Gasteiger partial charge in [-0.25, -0.2) is 0 Å². The highest BCUT2D eigenvalue weighted by molar-refractivity contribution is 6.45. The van der Waals surface area contributed by atoms with Crippen LogP contribution in [0.4, 0.5) is 11.4 Å². The second-order valence-corrected chi connectivity index (χ2v) is 7.20. The quantitative estimate of drug-likeness (QED) is 0.746. The molecule has 2 amide bonds. The summed E-state index contributed by atoms with van der Waals surface area (Å²) >= 11 is 11.8. The van der Waals surface area contributed by atoms with E-state index in [1.807, 2.05) is 12.1 Å². The van der Waals surface area contributed by atoms with Crippen molar-refractivity contribution in [2.75, 3.05) is 10.6 Å². The summed E-state index contributed by atoms with van der Waals surface area (Å²) in [6.45, 7) is 6.30. The van der Waals surface area contributed by atoms with E-state index in [1.165, 1.54) is 12.1 Å². The Morgan fingerprint density at radius 3 is 2.00 bits per heavy atom. The molecule has 0 aliphatic carbocycles. The van der Waals surface area contributed by atoms with Crippen LogP contribution in [-0.2, 0) is 15.0 Å². The fraction of sp³-hybridized carbons (Fsp3) is 0.222. The minimum absolute atomic E-state index is 0.0191. The van der Waals surface area contributed by atoms with Crippen molar-refractivity contribution in [3.8, 4) is 0 Å². The van der Waals surface area contributed by atoms with Crippen molar-refractivity contribution in [2.24, 2.45) is 0 Å². The third-order valence-electron chi connectivity index (χ3n) is 3.39. The summed E-state index contributed by atoms with van der Waals surface area (Å²) in [5.41, 5.74) is 2.03. The van der Waals surface area contributed by atoms with E-state index in [0.29, 0.717) is 16.4 Å². The van der Waals surface area contributed by atoms with Gasteiger partial charge < -0.3 is 10.6 Å². The lowest BCUT2D eigenvalue weighted by Crippen LogP contribution is -2.29. The molecule has 0 radical (unpaired) electrons. The van der Waals surface area contributed by atoms with E-state index in [-0.39, 0.29) is 10.4 Å². The van der Waals surface area contributed by atoms with Crippen molar-refractivity contribution >= 4 is 46.4 Å². The van der Waals surface area contributed by atoms with E-state index in [0.717, 1.165) is 5.56 Å². The van der Waals surface area contributed by atoms with Crippen LogP contribution in [0.15, 0.2) is 42.5 Å². The van der Waals surface area contributed by atoms with Crippen LogP contribution in [0.1, 0.15) is 26.3 Å². The molecule has 0 fully saturated rings. The molecule has 2 N–H and O–H groups in total. The maximum absolute atomic E-state index is 12.0. The zero-order valence-corrected chi connectivity index (χ0v) is 15.1. The fourth-order valence-electron chi connectivity index (χ4n) is 2.01. The average molecular weight is 365 g/mol. The first-order valence-corrected chi connectivity index (χ1v) is 8.10. The highest BCUT2D eigenvalue weighted by Crippen LogP contribution is 2.26. The summed E-state index contributed by atoms with van der Waals surface area (Å²) in [7, 11) is 0. The molecule has 126 valence electrons. The third-order valence-corrected chi connectivity index (χ3v) is 3.94. The van der Waals surface area contributed by atoms with E-state index in [2.05, 4.69) is 31.4 Å². The van der Waals surface area contributed by atoms with Gasteiger partial charge in [-0.15, -0.1) is 0 Å². The summed E-state index contributed by atoms with van der Waals surface area (Å²) in [5.74, 6) is -1.58. The summed E-state index contributed by atoms with van der Waals surface area (Å²) < 4.78 is 0. The highest BCUT2D eigenvalue weighted by Gasteiger charge is 2.17. The second kappa shape index (κ2) is 7.24. The third kappa shape index (κ3) is 4.73. The molecule has 0 atom stereocenters. The summed E-state index contributed by atoms with van der Waals surface area (Å²) in [6.07, 6.45) is 0. The van der Waals surface area contributed by atoms with Gasteiger partial charge in [0.1, 0.15) is 0 Å². The van der Waals surface area contributed by atoms with Gasteiger partial charge in [0.15, 0.2) is 0 Å². The van der Waals surface area contributed by atoms with E-state index in [1.54, 1.807) is 18.2 Å². The molecular formula is C18H18Cl2N2O2. The van der Waals surface area contributed by atoms with Gasteiger partial charge in [-0.3, -0.25) is 9.59 Å². The molecule has 0 aromatic heterocycles. The summed E-state index contributed by atoms with van der Waals surface area (Å²) in [6, 6.07) is 12.0. The molecule has 2 aromatic rings. The van der Waals surface area contributed by atoms with Crippen LogP contribution in [0.2, 0.25) is 10.0 Å². The van der Waals surface area contributed by atoms with Crippen molar-refractivity contribution in [2.45, 2.75) is 26.2 Å². The SMILES string of the molecule is CC(C)(C)c1ccc(NC(=O)C(=O)Nc2ccc(Cl)cc2Cl)cc1. The van der Waals surface area contributed by atoms with E-state index in [9.17, 15) is 9.59 Å². The zero-order valence-electron chi connectivity index (χ0n) is 13.6. The van der Waals surface area contributed by atoms with Crippen LogP contribution in [0.3, 0.4) is 0 Å². The van der Waals surface area contributed by atoms with Crippen LogP contribution in [-0.4, -0.2) is 11.8 Å². The summed E-state index contributed by atoms with van der Waals surface area (Å²) in [4.78, 5) is 23.9. The Kier molecular flexibility index (Phi) is 5.52. The number of halogens is 2. The number of rotatable bonds is 2. The molecule has 0 saturated heterocycles. The average Bonchev–Trinajstić information content (AvgIpc) is 2.49. The van der Waals surface area contributed by atoms with Crippen LogP contribution in [0.5, 0.6) is 0 Å². The number of nitrogens with one attached hydrogen (secondary N) is 2. The predicted molar refractivity (Wildman–Crippen MR) is 98.9 cm³/mol. The van der Waals surface area contributed by atoms with Gasteiger partial charge in [0.05, 0.1) is 10.7 Å². The van der Waals surface area contributed by atoms with Crippen LogP contribution >= 0.6 is 23.2 Å². The molecule has 0 aliphatic heterocycles. The molecule has 0 saturated carbocycles. The first-order valence-electron chi connectivity index (χ1n) is 7.35. The summed E-state index contributed by atoms with van der Waals surface area (Å²) in [5, 5.41) is 5.71. The van der Waals surface area contributed by atoms with Gasteiger partial charge in [0.2, 0.25) is 0 Å². The first-order chi connectivity index (χ1) is 11.2. The standard InChI is InChI=1S/C18H18Cl2N2O2/c1-18(2,3)11-4-7-13(8-5-11)21-16(23)17(24)22-15-9-6-12(19)10-14(15)20/h4-10H,1-3H3,(H,21,23)(H,22,24). The number of benzene rings is 2. The van der Waals surface area contributed by atoms with E-state index >= 15 is 0 Å². The highest BCUT2D eigenvalue weighted by atomic mass is 35.5. The van der Waals surface area contributed by atoms with Crippen molar-refractivity contribution in [1.82, 2.24) is 0 Å². The number of carbonyl (C=O) groups is 2. The molecule has 0 spiro atoms. The minimum atomic E-state index is -0.806. The van der Waals surface area contributed by atoms with Gasteiger partial charge in [-0.05, 0) is 41.3 Å². The van der Waals surface area contributed by atoms with Crippen molar-refractivity contribution in [1.29, 1.82) is 0 Å². The topological polar surface area (TPSA) is 58.2 Å². The molecule has 0 heterocycles. The van der Waals surface area contributed by atoms with Crippen molar-refractivity contribution in [3.05, 3.63) is 58.1 Å². The van der Waals surface area contributed by atoms with Gasteiger partial charge in [0, 0.05) is 10.7 Å². The van der Waals surface area contributed by atoms with E-state index < -0.39 is 11.8 Å². The lowest BCUT2D eigenvalue weighted by atomic mass is 9.87. The van der Waals surface area contributed by atoms with Gasteiger partial charge in [-0.2, -0.15) is 0 Å². The second-order valence-electron chi connectivity index (χ2n) is 6.36. The predicted octanol–water partition coefficient (Wildman–Crippen LogP) is 4.87. The van der Waals surface area contributed by atoms with Gasteiger partial charge in [-0.1, -0.05) is 56.1 Å². The van der Waals surface area contributed by atoms with Gasteiger partial charge >= 0.3 is 11.8 Å². The molecule has 4 nitrogen and oxygen atoms in total. The number of hydrogen-bond acceptors (Lipinski definition) is 2. The lowest BCUT2D eigenvalue weighted by molar-refractivity contribution is -0.132. The minimum Gasteiger partial charge on any atom is -0.318 e. The Labute approximate surface area is 151 Å². The number of hydrogen-bond donors (Lipinski definition) is 2. The number of amides is 2. The Bertz CT molecular complexity index is 766. The smallest absolute Gasteiger partial charge is 0.314 e. The fourth-order valence-corrected chi connectivity index (χ4v) is 2.47. The molecule has 0 bridgehead atoms. The zero-order chi connectivity index (χ0) is 17.9. The molecule has 6 heteroatoms. The number of anilines is 2. The Morgan fingerprint density at radius 2 is 1.46 bits per heavy atom. The monoisotopic (exact) mass is 364 g/mol. The van der Waals surface area contributed by atoms with Crippen molar-refractivity contribution < 1.29 is 9.59 Å². The molecule has 2 aromatic carbocycles. The maximum atomic E-state index is 12.0. The molecule has 0 aliphatic rings. The molecule has 2 rings (SSSR count). The molecule has 0 unspecified atom stereocenters. The van der Waals surface area contributed by atoms with Crippen LogP contribution in [0, 0.1) is 0 Å². The molecule has 24 heavy (non-hydrogen) atoms. The first kappa shape index (κ1) is 18.3. The lowest BCUT2D eigenvalue weighted by Gasteiger charge is -2.19. The van der Waals surface area contributed by atoms with Crippen LogP contribution < -0.4 is 10.6 Å². The Hall–Kier alpha value is -2.04. The molecular weight excluding hydrogens is 347 g/mol. The van der Waals surface area contributed by atoms with E-state index in [4.69, 9.17) is 23.2 Å².